The summed E-state index contributed by atoms with van der Waals surface area (Å²) >= 11 is 0. The van der Waals surface area contributed by atoms with Gasteiger partial charge in [-0.15, -0.1) is 0 Å². The predicted octanol–water partition coefficient (Wildman–Crippen LogP) is 0.914. The summed E-state index contributed by atoms with van der Waals surface area (Å²) in [5.41, 5.74) is 0. The van der Waals surface area contributed by atoms with Gasteiger partial charge in [0.1, 0.15) is 0 Å². The average molecular weight is 212 g/mol. The number of amides is 2. The summed E-state index contributed by atoms with van der Waals surface area (Å²) in [5.74, 6) is -0.00462. The van der Waals surface area contributed by atoms with Crippen molar-refractivity contribution in [1.82, 2.24) is 10.2 Å². The minimum Gasteiger partial charge on any atom is -0.317 e. The smallest absolute Gasteiger partial charge is 0.229 e. The lowest BCUT2D eigenvalue weighted by Gasteiger charge is -2.17. The lowest BCUT2D eigenvalue weighted by molar-refractivity contribution is -0.138. The molecule has 0 saturated carbocycles. The van der Waals surface area contributed by atoms with E-state index in [1.807, 2.05) is 7.05 Å². The van der Waals surface area contributed by atoms with Crippen LogP contribution in [0.5, 0.6) is 0 Å². The Balaban J connectivity index is 2.24. The maximum atomic E-state index is 11.3. The second kappa shape index (κ2) is 5.85. The van der Waals surface area contributed by atoms with Crippen molar-refractivity contribution < 1.29 is 9.59 Å². The van der Waals surface area contributed by atoms with Crippen molar-refractivity contribution in [2.45, 2.75) is 45.1 Å². The average Bonchev–Trinajstić information content (AvgIpc) is 2.55. The number of nitrogens with zero attached hydrogens (tertiary/aromatic N) is 1. The second-order valence-corrected chi connectivity index (χ2v) is 3.98. The third kappa shape index (κ3) is 3.30. The molecule has 1 rings (SSSR count). The van der Waals surface area contributed by atoms with Gasteiger partial charge in [-0.05, 0) is 26.3 Å². The molecule has 1 saturated heterocycles. The maximum absolute atomic E-state index is 11.3. The van der Waals surface area contributed by atoms with Crippen molar-refractivity contribution in [3.05, 3.63) is 0 Å². The molecule has 0 spiro atoms. The van der Waals surface area contributed by atoms with E-state index >= 15 is 0 Å². The molecule has 1 aliphatic rings. The van der Waals surface area contributed by atoms with Crippen LogP contribution in [-0.2, 0) is 9.59 Å². The van der Waals surface area contributed by atoms with Crippen molar-refractivity contribution in [2.75, 3.05) is 13.6 Å². The predicted molar refractivity (Wildman–Crippen MR) is 58.3 cm³/mol. The SMILES string of the molecule is CCC(CCCN1C(=O)CCC1=O)NC. The Morgan fingerprint density at radius 3 is 2.40 bits per heavy atom. The van der Waals surface area contributed by atoms with E-state index in [1.54, 1.807) is 0 Å². The minimum absolute atomic E-state index is 0.00231. The van der Waals surface area contributed by atoms with Crippen LogP contribution < -0.4 is 5.32 Å². The van der Waals surface area contributed by atoms with Gasteiger partial charge in [0.15, 0.2) is 0 Å². The van der Waals surface area contributed by atoms with Gasteiger partial charge in [-0.25, -0.2) is 0 Å². The van der Waals surface area contributed by atoms with Gasteiger partial charge in [0, 0.05) is 25.4 Å². The fraction of sp³-hybridized carbons (Fsp3) is 0.818. The fourth-order valence-electron chi connectivity index (χ4n) is 1.92. The van der Waals surface area contributed by atoms with Gasteiger partial charge in [0.2, 0.25) is 11.8 Å². The number of likely N-dealkylation sites (tertiary alicyclic amines) is 1. The Morgan fingerprint density at radius 2 is 1.93 bits per heavy atom. The molecule has 0 aromatic carbocycles. The summed E-state index contributed by atoms with van der Waals surface area (Å²) in [7, 11) is 1.94. The first-order chi connectivity index (χ1) is 7.19. The molecule has 2 amide bonds. The van der Waals surface area contributed by atoms with Crippen LogP contribution in [0.2, 0.25) is 0 Å². The highest BCUT2D eigenvalue weighted by Gasteiger charge is 2.27. The largest absolute Gasteiger partial charge is 0.317 e. The number of imide groups is 1. The van der Waals surface area contributed by atoms with Crippen LogP contribution >= 0.6 is 0 Å². The van der Waals surface area contributed by atoms with E-state index in [4.69, 9.17) is 0 Å². The number of hydrogen-bond donors (Lipinski definition) is 1. The molecule has 0 aromatic heterocycles. The lowest BCUT2D eigenvalue weighted by Crippen LogP contribution is -2.31. The second-order valence-electron chi connectivity index (χ2n) is 3.98. The first-order valence-corrected chi connectivity index (χ1v) is 5.69. The van der Waals surface area contributed by atoms with Crippen molar-refractivity contribution in [3.63, 3.8) is 0 Å². The molecule has 0 bridgehead atoms. The normalized spacial score (nSPS) is 18.7. The molecule has 1 atom stereocenters. The van der Waals surface area contributed by atoms with Crippen LogP contribution in [0.25, 0.3) is 0 Å². The molecule has 1 unspecified atom stereocenters. The summed E-state index contributed by atoms with van der Waals surface area (Å²) in [5, 5.41) is 3.21. The Bertz CT molecular complexity index is 221. The van der Waals surface area contributed by atoms with Gasteiger partial charge < -0.3 is 5.32 Å². The molecular formula is C11H20N2O2. The first-order valence-electron chi connectivity index (χ1n) is 5.69. The minimum atomic E-state index is -0.00231. The van der Waals surface area contributed by atoms with Gasteiger partial charge in [-0.2, -0.15) is 0 Å². The maximum Gasteiger partial charge on any atom is 0.229 e. The summed E-state index contributed by atoms with van der Waals surface area (Å²) in [6.45, 7) is 2.73. The Hall–Kier alpha value is -0.900. The molecule has 4 nitrogen and oxygen atoms in total. The van der Waals surface area contributed by atoms with Crippen LogP contribution in [0, 0.1) is 0 Å². The topological polar surface area (TPSA) is 49.4 Å². The molecule has 0 aliphatic carbocycles. The van der Waals surface area contributed by atoms with E-state index in [0.29, 0.717) is 25.4 Å². The summed E-state index contributed by atoms with van der Waals surface area (Å²) in [6.07, 6.45) is 3.81. The lowest BCUT2D eigenvalue weighted by atomic mass is 10.1. The van der Waals surface area contributed by atoms with Crippen LogP contribution in [-0.4, -0.2) is 36.3 Å². The van der Waals surface area contributed by atoms with E-state index in [9.17, 15) is 9.59 Å². The monoisotopic (exact) mass is 212 g/mol. The molecule has 4 heteroatoms. The molecule has 1 heterocycles. The van der Waals surface area contributed by atoms with E-state index in [0.717, 1.165) is 19.3 Å². The molecule has 1 fully saturated rings. The van der Waals surface area contributed by atoms with E-state index in [1.165, 1.54) is 4.90 Å². The van der Waals surface area contributed by atoms with Crippen LogP contribution in [0.3, 0.4) is 0 Å². The summed E-state index contributed by atoms with van der Waals surface area (Å²) in [6, 6.07) is 0.498. The molecular weight excluding hydrogens is 192 g/mol. The highest BCUT2D eigenvalue weighted by molar-refractivity contribution is 6.01. The number of carbonyl (C=O) groups is 2. The zero-order valence-electron chi connectivity index (χ0n) is 9.58. The number of rotatable bonds is 6. The highest BCUT2D eigenvalue weighted by Crippen LogP contribution is 2.13. The third-order valence-electron chi connectivity index (χ3n) is 2.99. The highest BCUT2D eigenvalue weighted by atomic mass is 16.2. The standard InChI is InChI=1S/C11H20N2O2/c1-3-9(12-2)5-4-8-13-10(14)6-7-11(13)15/h9,12H,3-8H2,1-2H3. The molecule has 15 heavy (non-hydrogen) atoms. The van der Waals surface area contributed by atoms with Crippen molar-refractivity contribution >= 4 is 11.8 Å². The van der Waals surface area contributed by atoms with Crippen LogP contribution in [0.1, 0.15) is 39.0 Å². The van der Waals surface area contributed by atoms with Gasteiger partial charge in [-0.1, -0.05) is 6.92 Å². The Labute approximate surface area is 91.0 Å². The van der Waals surface area contributed by atoms with Gasteiger partial charge in [-0.3, -0.25) is 14.5 Å². The molecule has 86 valence electrons. The van der Waals surface area contributed by atoms with Crippen molar-refractivity contribution in [3.8, 4) is 0 Å². The van der Waals surface area contributed by atoms with Crippen LogP contribution in [0.15, 0.2) is 0 Å². The quantitative estimate of drug-likeness (QED) is 0.666. The van der Waals surface area contributed by atoms with Crippen molar-refractivity contribution in [1.29, 1.82) is 0 Å². The number of nitrogens with one attached hydrogen (secondary N) is 1. The van der Waals surface area contributed by atoms with E-state index in [2.05, 4.69) is 12.2 Å². The van der Waals surface area contributed by atoms with E-state index < -0.39 is 0 Å². The zero-order valence-corrected chi connectivity index (χ0v) is 9.58. The van der Waals surface area contributed by atoms with E-state index in [-0.39, 0.29) is 11.8 Å². The number of hydrogen-bond acceptors (Lipinski definition) is 3. The first kappa shape index (κ1) is 12.2. The Morgan fingerprint density at radius 1 is 1.33 bits per heavy atom. The van der Waals surface area contributed by atoms with Crippen molar-refractivity contribution in [2.24, 2.45) is 0 Å². The summed E-state index contributed by atoms with van der Waals surface area (Å²) in [4.78, 5) is 24.0. The fourth-order valence-corrected chi connectivity index (χ4v) is 1.92. The molecule has 0 aromatic rings. The third-order valence-corrected chi connectivity index (χ3v) is 2.99. The van der Waals surface area contributed by atoms with Crippen LogP contribution in [0.4, 0.5) is 0 Å². The summed E-state index contributed by atoms with van der Waals surface area (Å²) < 4.78 is 0. The number of carbonyl (C=O) groups excluding carboxylic acids is 2. The van der Waals surface area contributed by atoms with Gasteiger partial charge in [0.05, 0.1) is 0 Å². The van der Waals surface area contributed by atoms with Gasteiger partial charge in [0.25, 0.3) is 0 Å². The molecule has 0 radical (unpaired) electrons. The molecule has 1 N–H and O–H groups in total. The van der Waals surface area contributed by atoms with Gasteiger partial charge >= 0.3 is 0 Å². The molecule has 1 aliphatic heterocycles. The zero-order chi connectivity index (χ0) is 11.3. The Kier molecular flexibility index (Phi) is 4.75.